The Morgan fingerprint density at radius 1 is 1.03 bits per heavy atom. The van der Waals surface area contributed by atoms with E-state index in [1.54, 1.807) is 30.6 Å². The van der Waals surface area contributed by atoms with Gasteiger partial charge in [-0.1, -0.05) is 24.2 Å². The Hall–Kier alpha value is -2.45. The minimum absolute atomic E-state index is 0.124. The molecule has 0 bridgehead atoms. The summed E-state index contributed by atoms with van der Waals surface area (Å²) in [4.78, 5) is 14.5. The van der Waals surface area contributed by atoms with Crippen LogP contribution in [0.1, 0.15) is 31.2 Å². The number of methoxy groups -OCH3 is 1. The minimum Gasteiger partial charge on any atom is -0.497 e. The predicted octanol–water partition coefficient (Wildman–Crippen LogP) is 5.29. The number of anilines is 1. The third-order valence-corrected chi connectivity index (χ3v) is 6.17. The van der Waals surface area contributed by atoms with Crippen LogP contribution in [0.4, 0.5) is 6.01 Å². The average molecular weight is 444 g/mol. The predicted molar refractivity (Wildman–Crippen MR) is 122 cm³/mol. The van der Waals surface area contributed by atoms with Crippen LogP contribution in [0.25, 0.3) is 0 Å². The van der Waals surface area contributed by atoms with Crippen molar-refractivity contribution in [3.05, 3.63) is 60.0 Å². The van der Waals surface area contributed by atoms with Gasteiger partial charge in [-0.2, -0.15) is 0 Å². The molecule has 158 valence electrons. The molecule has 1 aromatic heterocycles. The summed E-state index contributed by atoms with van der Waals surface area (Å²) in [6.45, 7) is 2.13. The number of amides is 1. The van der Waals surface area contributed by atoms with Crippen LogP contribution in [-0.2, 0) is 11.2 Å². The molecule has 6 nitrogen and oxygen atoms in total. The molecule has 1 amide bonds. The van der Waals surface area contributed by atoms with Crippen molar-refractivity contribution in [3.8, 4) is 5.75 Å². The Morgan fingerprint density at radius 2 is 1.73 bits per heavy atom. The maximum atomic E-state index is 12.1. The van der Waals surface area contributed by atoms with Crippen LogP contribution in [0.5, 0.6) is 5.75 Å². The van der Waals surface area contributed by atoms with Crippen LogP contribution in [0.2, 0.25) is 0 Å². The number of rotatable bonds is 11. The molecule has 0 aliphatic heterocycles. The van der Waals surface area contributed by atoms with Gasteiger partial charge in [0, 0.05) is 16.2 Å². The highest BCUT2D eigenvalue weighted by Gasteiger charge is 2.10. The second kappa shape index (κ2) is 11.7. The van der Waals surface area contributed by atoms with Crippen LogP contribution >= 0.6 is 23.5 Å². The van der Waals surface area contributed by atoms with Crippen molar-refractivity contribution in [1.82, 2.24) is 10.2 Å². The molecule has 30 heavy (non-hydrogen) atoms. The standard InChI is InChI=1S/C22H25N3O3S2/c1-3-29-18-10-6-16(7-11-18)15-21-24-25-22(28-21)23-20(26)5-4-14-30-19-12-8-17(27-2)9-13-19/h6-13H,3-5,14-15H2,1-2H3,(H,23,25,26). The SMILES string of the molecule is CCSc1ccc(Cc2nnc(NC(=O)CCCSc3ccc(OC)cc3)o2)cc1. The van der Waals surface area contributed by atoms with E-state index in [1.165, 1.54) is 4.90 Å². The number of hydrogen-bond donors (Lipinski definition) is 1. The summed E-state index contributed by atoms with van der Waals surface area (Å²) in [5, 5.41) is 10.6. The largest absolute Gasteiger partial charge is 0.497 e. The number of carbonyl (C=O) groups is 1. The lowest BCUT2D eigenvalue weighted by Crippen LogP contribution is -2.11. The van der Waals surface area contributed by atoms with Crippen molar-refractivity contribution in [2.24, 2.45) is 0 Å². The van der Waals surface area contributed by atoms with Crippen molar-refractivity contribution < 1.29 is 13.9 Å². The zero-order valence-electron chi connectivity index (χ0n) is 17.1. The van der Waals surface area contributed by atoms with E-state index in [-0.39, 0.29) is 11.9 Å². The first-order chi connectivity index (χ1) is 14.7. The summed E-state index contributed by atoms with van der Waals surface area (Å²) in [5.41, 5.74) is 1.09. The van der Waals surface area contributed by atoms with Gasteiger partial charge in [0.25, 0.3) is 0 Å². The van der Waals surface area contributed by atoms with Gasteiger partial charge in [-0.3, -0.25) is 10.1 Å². The molecular formula is C22H25N3O3S2. The van der Waals surface area contributed by atoms with Gasteiger partial charge in [0.05, 0.1) is 13.5 Å². The molecule has 0 aliphatic rings. The molecule has 0 saturated heterocycles. The number of hydrogen-bond acceptors (Lipinski definition) is 7. The molecule has 8 heteroatoms. The van der Waals surface area contributed by atoms with Crippen LogP contribution in [-0.4, -0.2) is 34.7 Å². The first-order valence-corrected chi connectivity index (χ1v) is 11.7. The van der Waals surface area contributed by atoms with Crippen LogP contribution < -0.4 is 10.1 Å². The van der Waals surface area contributed by atoms with Crippen LogP contribution in [0.15, 0.2) is 62.7 Å². The van der Waals surface area contributed by atoms with Crippen molar-refractivity contribution in [1.29, 1.82) is 0 Å². The van der Waals surface area contributed by atoms with Gasteiger partial charge in [0.15, 0.2) is 0 Å². The summed E-state index contributed by atoms with van der Waals surface area (Å²) >= 11 is 3.51. The summed E-state index contributed by atoms with van der Waals surface area (Å²) in [6.07, 6.45) is 1.70. The molecule has 1 heterocycles. The molecule has 0 atom stereocenters. The lowest BCUT2D eigenvalue weighted by atomic mass is 10.1. The smallest absolute Gasteiger partial charge is 0.322 e. The number of thioether (sulfide) groups is 2. The normalized spacial score (nSPS) is 10.7. The van der Waals surface area contributed by atoms with Gasteiger partial charge in [0.1, 0.15) is 5.75 Å². The lowest BCUT2D eigenvalue weighted by Gasteiger charge is -2.03. The van der Waals surface area contributed by atoms with Crippen molar-refractivity contribution in [2.75, 3.05) is 23.9 Å². The number of nitrogens with one attached hydrogen (secondary N) is 1. The van der Waals surface area contributed by atoms with Crippen molar-refractivity contribution >= 4 is 35.4 Å². The fourth-order valence-electron chi connectivity index (χ4n) is 2.70. The fraction of sp³-hybridized carbons (Fsp3) is 0.318. The maximum Gasteiger partial charge on any atom is 0.322 e. The van der Waals surface area contributed by atoms with E-state index in [9.17, 15) is 4.79 Å². The highest BCUT2D eigenvalue weighted by atomic mass is 32.2. The van der Waals surface area contributed by atoms with Gasteiger partial charge in [0.2, 0.25) is 11.8 Å². The fourth-order valence-corrected chi connectivity index (χ4v) is 4.21. The molecule has 0 unspecified atom stereocenters. The zero-order chi connectivity index (χ0) is 21.2. The van der Waals surface area contributed by atoms with E-state index in [0.29, 0.717) is 18.7 Å². The van der Waals surface area contributed by atoms with Crippen molar-refractivity contribution in [2.45, 2.75) is 36.0 Å². The van der Waals surface area contributed by atoms with E-state index in [2.05, 4.69) is 46.7 Å². The molecule has 0 radical (unpaired) electrons. The molecule has 0 spiro atoms. The Balaban J connectivity index is 1.38. The van der Waals surface area contributed by atoms with Crippen LogP contribution in [0.3, 0.4) is 0 Å². The Morgan fingerprint density at radius 3 is 2.43 bits per heavy atom. The Labute approximate surface area is 185 Å². The molecule has 0 saturated carbocycles. The number of nitrogens with zero attached hydrogens (tertiary/aromatic N) is 2. The minimum atomic E-state index is -0.124. The maximum absolute atomic E-state index is 12.1. The van der Waals surface area contributed by atoms with E-state index < -0.39 is 0 Å². The van der Waals surface area contributed by atoms with Gasteiger partial charge >= 0.3 is 6.01 Å². The first kappa shape index (κ1) is 22.2. The average Bonchev–Trinajstić information content (AvgIpc) is 3.20. The third kappa shape index (κ3) is 7.11. The molecule has 1 N–H and O–H groups in total. The van der Waals surface area contributed by atoms with Gasteiger partial charge < -0.3 is 9.15 Å². The van der Waals surface area contributed by atoms with Crippen molar-refractivity contribution in [3.63, 3.8) is 0 Å². The summed E-state index contributed by atoms with van der Waals surface area (Å²) < 4.78 is 10.7. The highest BCUT2D eigenvalue weighted by Crippen LogP contribution is 2.22. The molecule has 0 fully saturated rings. The summed E-state index contributed by atoms with van der Waals surface area (Å²) in [5.74, 6) is 3.09. The Kier molecular flexibility index (Phi) is 8.65. The quantitative estimate of drug-likeness (QED) is 0.319. The zero-order valence-corrected chi connectivity index (χ0v) is 18.7. The second-order valence-electron chi connectivity index (χ2n) is 6.43. The highest BCUT2D eigenvalue weighted by molar-refractivity contribution is 7.99. The number of carbonyl (C=O) groups excluding carboxylic acids is 1. The van der Waals surface area contributed by atoms with E-state index >= 15 is 0 Å². The van der Waals surface area contributed by atoms with E-state index in [4.69, 9.17) is 9.15 Å². The molecule has 0 aliphatic carbocycles. The van der Waals surface area contributed by atoms with Crippen LogP contribution in [0, 0.1) is 0 Å². The molecular weight excluding hydrogens is 418 g/mol. The Bertz CT molecular complexity index is 928. The molecule has 3 rings (SSSR count). The second-order valence-corrected chi connectivity index (χ2v) is 8.94. The van der Waals surface area contributed by atoms with Gasteiger partial charge in [-0.05, 0) is 59.9 Å². The lowest BCUT2D eigenvalue weighted by molar-refractivity contribution is -0.116. The molecule has 3 aromatic rings. The molecule has 2 aromatic carbocycles. The summed E-state index contributed by atoms with van der Waals surface area (Å²) in [7, 11) is 1.65. The topological polar surface area (TPSA) is 77.2 Å². The first-order valence-electron chi connectivity index (χ1n) is 9.77. The monoisotopic (exact) mass is 443 g/mol. The third-order valence-electron chi connectivity index (χ3n) is 4.18. The number of benzene rings is 2. The van der Waals surface area contributed by atoms with E-state index in [1.807, 2.05) is 24.3 Å². The summed E-state index contributed by atoms with van der Waals surface area (Å²) in [6, 6.07) is 16.3. The van der Waals surface area contributed by atoms with Gasteiger partial charge in [-0.25, -0.2) is 0 Å². The number of ether oxygens (including phenoxy) is 1. The van der Waals surface area contributed by atoms with Gasteiger partial charge in [-0.15, -0.1) is 28.6 Å². The van der Waals surface area contributed by atoms with E-state index in [0.717, 1.165) is 34.1 Å². The number of aromatic nitrogens is 2.